The van der Waals surface area contributed by atoms with E-state index in [0.717, 1.165) is 18.9 Å². The Morgan fingerprint density at radius 3 is 2.30 bits per heavy atom. The first-order valence-corrected chi connectivity index (χ1v) is 9.20. The molecule has 0 amide bonds. The fraction of sp³-hybridized carbons (Fsp3) is 0.636. The topological polar surface area (TPSA) is 12.0 Å². The summed E-state index contributed by atoms with van der Waals surface area (Å²) in [5.74, 6) is 0.806. The Hall–Kier alpha value is -1.08. The Morgan fingerprint density at radius 2 is 1.78 bits per heavy atom. The molecule has 0 aliphatic rings. The lowest BCUT2D eigenvalue weighted by molar-refractivity contribution is 0.394. The molecule has 0 aliphatic carbocycles. The van der Waals surface area contributed by atoms with Gasteiger partial charge in [0.15, 0.2) is 0 Å². The molecule has 0 saturated heterocycles. The van der Waals surface area contributed by atoms with Gasteiger partial charge in [-0.1, -0.05) is 75.6 Å². The molecule has 0 fully saturated rings. The number of rotatable bonds is 9. The van der Waals surface area contributed by atoms with Gasteiger partial charge in [-0.3, -0.25) is 0 Å². The van der Waals surface area contributed by atoms with E-state index in [2.05, 4.69) is 84.1 Å². The van der Waals surface area contributed by atoms with Gasteiger partial charge in [-0.2, -0.15) is 0 Å². The van der Waals surface area contributed by atoms with Crippen LogP contribution in [0.5, 0.6) is 0 Å². The molecule has 1 N–H and O–H groups in total. The lowest BCUT2D eigenvalue weighted by Gasteiger charge is -2.30. The van der Waals surface area contributed by atoms with Gasteiger partial charge in [-0.25, -0.2) is 0 Å². The zero-order chi connectivity index (χ0) is 17.5. The summed E-state index contributed by atoms with van der Waals surface area (Å²) < 4.78 is 0. The normalized spacial score (nSPS) is 14.4. The number of hydrogen-bond acceptors (Lipinski definition) is 1. The van der Waals surface area contributed by atoms with Crippen LogP contribution in [0, 0.1) is 12.8 Å². The highest BCUT2D eigenvalue weighted by Crippen LogP contribution is 2.29. The Bertz CT molecular complexity index is 477. The van der Waals surface area contributed by atoms with Crippen molar-refractivity contribution in [2.45, 2.75) is 79.2 Å². The van der Waals surface area contributed by atoms with Crippen molar-refractivity contribution in [3.05, 3.63) is 47.0 Å². The summed E-state index contributed by atoms with van der Waals surface area (Å²) in [7, 11) is 0. The Balaban J connectivity index is 2.74. The van der Waals surface area contributed by atoms with Crippen molar-refractivity contribution < 1.29 is 0 Å². The van der Waals surface area contributed by atoms with Crippen LogP contribution in [0.4, 0.5) is 0 Å². The number of hydrogen-bond donors (Lipinski definition) is 1. The van der Waals surface area contributed by atoms with Gasteiger partial charge in [0.05, 0.1) is 0 Å². The molecule has 23 heavy (non-hydrogen) atoms. The van der Waals surface area contributed by atoms with E-state index < -0.39 is 0 Å². The monoisotopic (exact) mass is 315 g/mol. The second-order valence-corrected chi connectivity index (χ2v) is 8.06. The summed E-state index contributed by atoms with van der Waals surface area (Å²) in [6.07, 6.45) is 6.05. The molecule has 1 heteroatoms. The molecule has 0 aliphatic heterocycles. The van der Waals surface area contributed by atoms with E-state index in [-0.39, 0.29) is 5.41 Å². The molecule has 0 spiro atoms. The van der Waals surface area contributed by atoms with Gasteiger partial charge in [-0.15, -0.1) is 0 Å². The standard InChI is InChI=1S/C22H37N/c1-8-18(4)13-14-23-21(15-17(2)3)16-22(6,7)20-11-9-19(5)10-12-20/h9-12,15,18,21,23H,8,13-14,16H2,1-7H3. The van der Waals surface area contributed by atoms with Crippen LogP contribution in [0.25, 0.3) is 0 Å². The summed E-state index contributed by atoms with van der Waals surface area (Å²) in [6, 6.07) is 9.47. The molecule has 1 rings (SSSR count). The SMILES string of the molecule is CCC(C)CCNC(C=C(C)C)CC(C)(C)c1ccc(C)cc1. The number of aryl methyl sites for hydroxylation is 1. The van der Waals surface area contributed by atoms with Crippen molar-refractivity contribution in [2.75, 3.05) is 6.54 Å². The maximum atomic E-state index is 3.78. The van der Waals surface area contributed by atoms with Gasteiger partial charge in [0.1, 0.15) is 0 Å². The highest BCUT2D eigenvalue weighted by molar-refractivity contribution is 5.28. The molecule has 1 nitrogen and oxygen atoms in total. The van der Waals surface area contributed by atoms with Crippen LogP contribution in [-0.2, 0) is 5.41 Å². The smallest absolute Gasteiger partial charge is 0.0260 e. The van der Waals surface area contributed by atoms with E-state index in [1.807, 2.05) is 0 Å². The average Bonchev–Trinajstić information content (AvgIpc) is 2.46. The minimum atomic E-state index is 0.174. The first-order chi connectivity index (χ1) is 10.7. The summed E-state index contributed by atoms with van der Waals surface area (Å²) in [4.78, 5) is 0. The summed E-state index contributed by atoms with van der Waals surface area (Å²) in [5.41, 5.74) is 4.33. The van der Waals surface area contributed by atoms with Crippen LogP contribution in [0.1, 0.15) is 71.9 Å². The predicted molar refractivity (Wildman–Crippen MR) is 104 cm³/mol. The van der Waals surface area contributed by atoms with Gasteiger partial charge in [0, 0.05) is 6.04 Å². The zero-order valence-electron chi connectivity index (χ0n) is 16.4. The molecular weight excluding hydrogens is 278 g/mol. The van der Waals surface area contributed by atoms with E-state index in [0.29, 0.717) is 6.04 Å². The first kappa shape index (κ1) is 20.0. The third-order valence-corrected chi connectivity index (χ3v) is 4.84. The van der Waals surface area contributed by atoms with Gasteiger partial charge in [-0.05, 0) is 57.1 Å². The van der Waals surface area contributed by atoms with E-state index in [1.54, 1.807) is 0 Å². The lowest BCUT2D eigenvalue weighted by Crippen LogP contribution is -2.35. The summed E-state index contributed by atoms with van der Waals surface area (Å²) >= 11 is 0. The van der Waals surface area contributed by atoms with E-state index in [4.69, 9.17) is 0 Å². The molecule has 0 radical (unpaired) electrons. The molecule has 1 aromatic carbocycles. The molecule has 130 valence electrons. The van der Waals surface area contributed by atoms with Crippen molar-refractivity contribution in [1.82, 2.24) is 5.32 Å². The number of benzene rings is 1. The van der Waals surface area contributed by atoms with E-state index in [9.17, 15) is 0 Å². The van der Waals surface area contributed by atoms with Gasteiger partial charge >= 0.3 is 0 Å². The minimum absolute atomic E-state index is 0.174. The molecule has 0 saturated carbocycles. The largest absolute Gasteiger partial charge is 0.310 e. The van der Waals surface area contributed by atoms with Crippen LogP contribution < -0.4 is 5.32 Å². The maximum Gasteiger partial charge on any atom is 0.0260 e. The molecular formula is C22H37N. The van der Waals surface area contributed by atoms with E-state index >= 15 is 0 Å². The number of allylic oxidation sites excluding steroid dienone is 1. The van der Waals surface area contributed by atoms with Crippen LogP contribution in [0.3, 0.4) is 0 Å². The maximum absolute atomic E-state index is 3.78. The van der Waals surface area contributed by atoms with Crippen molar-refractivity contribution in [1.29, 1.82) is 0 Å². The van der Waals surface area contributed by atoms with Crippen LogP contribution in [-0.4, -0.2) is 12.6 Å². The van der Waals surface area contributed by atoms with Crippen LogP contribution in [0.2, 0.25) is 0 Å². The van der Waals surface area contributed by atoms with Gasteiger partial charge in [0.2, 0.25) is 0 Å². The molecule has 0 bridgehead atoms. The molecule has 0 aromatic heterocycles. The highest BCUT2D eigenvalue weighted by atomic mass is 14.9. The fourth-order valence-electron chi connectivity index (χ4n) is 2.98. The second-order valence-electron chi connectivity index (χ2n) is 8.06. The first-order valence-electron chi connectivity index (χ1n) is 9.20. The third kappa shape index (κ3) is 7.35. The van der Waals surface area contributed by atoms with Crippen LogP contribution >= 0.6 is 0 Å². The van der Waals surface area contributed by atoms with Crippen molar-refractivity contribution in [2.24, 2.45) is 5.92 Å². The minimum Gasteiger partial charge on any atom is -0.310 e. The Kier molecular flexibility index (Phi) is 8.05. The van der Waals surface area contributed by atoms with Crippen molar-refractivity contribution in [3.8, 4) is 0 Å². The lowest BCUT2D eigenvalue weighted by atomic mass is 9.78. The third-order valence-electron chi connectivity index (χ3n) is 4.84. The quantitative estimate of drug-likeness (QED) is 0.549. The van der Waals surface area contributed by atoms with Crippen molar-refractivity contribution >= 4 is 0 Å². The average molecular weight is 316 g/mol. The van der Waals surface area contributed by atoms with Crippen molar-refractivity contribution in [3.63, 3.8) is 0 Å². The van der Waals surface area contributed by atoms with Gasteiger partial charge < -0.3 is 5.32 Å². The summed E-state index contributed by atoms with van der Waals surface area (Å²) in [6.45, 7) is 17.0. The Morgan fingerprint density at radius 1 is 1.17 bits per heavy atom. The van der Waals surface area contributed by atoms with Crippen LogP contribution in [0.15, 0.2) is 35.9 Å². The molecule has 0 heterocycles. The summed E-state index contributed by atoms with van der Waals surface area (Å²) in [5, 5.41) is 3.78. The molecule has 2 unspecified atom stereocenters. The second kappa shape index (κ2) is 9.27. The zero-order valence-corrected chi connectivity index (χ0v) is 16.4. The fourth-order valence-corrected chi connectivity index (χ4v) is 2.98. The van der Waals surface area contributed by atoms with Gasteiger partial charge in [0.25, 0.3) is 0 Å². The number of nitrogens with one attached hydrogen (secondary N) is 1. The van der Waals surface area contributed by atoms with E-state index in [1.165, 1.54) is 29.5 Å². The Labute approximate surface area is 144 Å². The highest BCUT2D eigenvalue weighted by Gasteiger charge is 2.24. The predicted octanol–water partition coefficient (Wildman–Crippen LogP) is 6.02. The molecule has 2 atom stereocenters. The molecule has 1 aromatic rings.